The van der Waals surface area contributed by atoms with Gasteiger partial charge in [0.25, 0.3) is 10.2 Å². The number of carbonyl (C=O) groups excluding carboxylic acids is 1. The zero-order valence-corrected chi connectivity index (χ0v) is 19.6. The van der Waals surface area contributed by atoms with Crippen molar-refractivity contribution < 1.29 is 23.1 Å². The number of hydrogen-bond donors (Lipinski definition) is 3. The van der Waals surface area contributed by atoms with E-state index in [1.807, 2.05) is 74.5 Å². The average Bonchev–Trinajstić information content (AvgIpc) is 2.78. The zero-order chi connectivity index (χ0) is 23.6. The molecule has 0 bridgehead atoms. The second-order valence-corrected chi connectivity index (χ2v) is 9.86. The Morgan fingerprint density at radius 1 is 1.00 bits per heavy atom. The summed E-state index contributed by atoms with van der Waals surface area (Å²) in [6.45, 7) is 3.94. The molecule has 9 heteroatoms. The predicted octanol–water partition coefficient (Wildman–Crippen LogP) is 2.31. The maximum atomic E-state index is 12.4. The van der Waals surface area contributed by atoms with Gasteiger partial charge in [0.1, 0.15) is 6.61 Å². The normalized spacial score (nSPS) is 13.7. The van der Waals surface area contributed by atoms with Crippen LogP contribution in [0, 0.1) is 5.92 Å². The molecule has 0 saturated heterocycles. The summed E-state index contributed by atoms with van der Waals surface area (Å²) in [5.41, 5.74) is 1.73. The molecular weight excluding hydrogens is 430 g/mol. The molecule has 2 atom stereocenters. The van der Waals surface area contributed by atoms with E-state index in [9.17, 15) is 18.3 Å². The number of nitrogens with zero attached hydrogens (tertiary/aromatic N) is 1. The van der Waals surface area contributed by atoms with Crippen molar-refractivity contribution in [2.45, 2.75) is 39.0 Å². The van der Waals surface area contributed by atoms with Crippen LogP contribution in [-0.2, 0) is 28.0 Å². The van der Waals surface area contributed by atoms with Crippen molar-refractivity contribution in [3.63, 3.8) is 0 Å². The summed E-state index contributed by atoms with van der Waals surface area (Å²) in [7, 11) is -2.42. The Labute approximate surface area is 190 Å². The molecule has 0 saturated carbocycles. The number of carbonyl (C=O) groups is 1. The lowest BCUT2D eigenvalue weighted by molar-refractivity contribution is 0.0871. The topological polar surface area (TPSA) is 108 Å². The number of nitrogens with one attached hydrogen (secondary N) is 2. The van der Waals surface area contributed by atoms with Crippen LogP contribution in [0.25, 0.3) is 0 Å². The number of alkyl carbamates (subject to hydrolysis) is 1. The van der Waals surface area contributed by atoms with Gasteiger partial charge in [0.2, 0.25) is 0 Å². The highest BCUT2D eigenvalue weighted by Crippen LogP contribution is 2.12. The molecule has 1 amide bonds. The molecule has 0 unspecified atom stereocenters. The molecule has 0 heterocycles. The van der Waals surface area contributed by atoms with Crippen LogP contribution in [0.5, 0.6) is 0 Å². The largest absolute Gasteiger partial charge is 0.445 e. The fourth-order valence-corrected chi connectivity index (χ4v) is 4.31. The molecule has 0 aliphatic carbocycles. The number of amides is 1. The molecule has 0 aromatic heterocycles. The van der Waals surface area contributed by atoms with Crippen molar-refractivity contribution >= 4 is 16.3 Å². The molecule has 2 aromatic carbocycles. The van der Waals surface area contributed by atoms with Crippen LogP contribution in [0.2, 0.25) is 0 Å². The first-order chi connectivity index (χ1) is 15.2. The second-order valence-electron chi connectivity index (χ2n) is 7.99. The van der Waals surface area contributed by atoms with Crippen LogP contribution in [0.1, 0.15) is 25.0 Å². The number of hydrogen-bond acceptors (Lipinski definition) is 5. The summed E-state index contributed by atoms with van der Waals surface area (Å²) in [4.78, 5) is 12.4. The third-order valence-electron chi connectivity index (χ3n) is 4.84. The highest BCUT2D eigenvalue weighted by molar-refractivity contribution is 7.87. The second kappa shape index (κ2) is 12.5. The molecule has 32 heavy (non-hydrogen) atoms. The van der Waals surface area contributed by atoms with Crippen LogP contribution >= 0.6 is 0 Å². The van der Waals surface area contributed by atoms with E-state index in [4.69, 9.17) is 4.74 Å². The zero-order valence-electron chi connectivity index (χ0n) is 18.8. The third kappa shape index (κ3) is 8.58. The number of aliphatic hydroxyl groups is 1. The van der Waals surface area contributed by atoms with Gasteiger partial charge in [-0.1, -0.05) is 74.5 Å². The van der Waals surface area contributed by atoms with Crippen LogP contribution in [0.15, 0.2) is 60.7 Å². The van der Waals surface area contributed by atoms with Gasteiger partial charge in [0, 0.05) is 20.1 Å². The molecule has 2 aromatic rings. The van der Waals surface area contributed by atoms with Gasteiger partial charge in [-0.2, -0.15) is 12.7 Å². The average molecular weight is 464 g/mol. The van der Waals surface area contributed by atoms with E-state index in [0.717, 1.165) is 11.1 Å². The summed E-state index contributed by atoms with van der Waals surface area (Å²) in [6, 6.07) is 17.9. The highest BCUT2D eigenvalue weighted by Gasteiger charge is 2.29. The first-order valence-corrected chi connectivity index (χ1v) is 12.0. The molecule has 176 valence electrons. The van der Waals surface area contributed by atoms with Crippen molar-refractivity contribution in [2.24, 2.45) is 5.92 Å². The molecule has 0 spiro atoms. The monoisotopic (exact) mass is 463 g/mol. The van der Waals surface area contributed by atoms with Gasteiger partial charge in [-0.3, -0.25) is 0 Å². The molecule has 2 rings (SSSR count). The first kappa shape index (κ1) is 25.8. The predicted molar refractivity (Wildman–Crippen MR) is 124 cm³/mol. The Kier molecular flexibility index (Phi) is 10.1. The quantitative estimate of drug-likeness (QED) is 0.448. The molecule has 0 radical (unpaired) electrons. The summed E-state index contributed by atoms with van der Waals surface area (Å²) < 4.78 is 33.6. The molecule has 0 fully saturated rings. The van der Waals surface area contributed by atoms with Crippen LogP contribution < -0.4 is 10.0 Å². The van der Waals surface area contributed by atoms with Gasteiger partial charge in [0.05, 0.1) is 12.1 Å². The van der Waals surface area contributed by atoms with E-state index in [0.29, 0.717) is 6.42 Å². The lowest BCUT2D eigenvalue weighted by Crippen LogP contribution is -2.52. The summed E-state index contributed by atoms with van der Waals surface area (Å²) >= 11 is 0. The minimum absolute atomic E-state index is 0.0571. The van der Waals surface area contributed by atoms with E-state index in [2.05, 4.69) is 10.0 Å². The summed E-state index contributed by atoms with van der Waals surface area (Å²) in [5.74, 6) is 0.0571. The Balaban J connectivity index is 2.12. The van der Waals surface area contributed by atoms with Crippen LogP contribution in [0.3, 0.4) is 0 Å². The van der Waals surface area contributed by atoms with Crippen LogP contribution in [-0.4, -0.2) is 56.2 Å². The number of aliphatic hydroxyl groups excluding tert-OH is 1. The molecule has 0 aliphatic rings. The molecule has 3 N–H and O–H groups in total. The Bertz CT molecular complexity index is 923. The van der Waals surface area contributed by atoms with Crippen molar-refractivity contribution in [3.8, 4) is 0 Å². The van der Waals surface area contributed by atoms with Gasteiger partial charge < -0.3 is 15.2 Å². The van der Waals surface area contributed by atoms with Gasteiger partial charge in [-0.25, -0.2) is 9.52 Å². The SMILES string of the molecule is CNS(=O)(=O)N(CC(C)C)C[C@@H](O)[C@H](Cc1ccccc1)NC(=O)OCc1ccccc1. The van der Waals surface area contributed by atoms with Crippen molar-refractivity contribution in [1.82, 2.24) is 14.3 Å². The summed E-state index contributed by atoms with van der Waals surface area (Å²) in [5, 5.41) is 13.7. The fourth-order valence-electron chi connectivity index (χ4n) is 3.21. The minimum Gasteiger partial charge on any atom is -0.445 e. The Morgan fingerprint density at radius 3 is 2.09 bits per heavy atom. The van der Waals surface area contributed by atoms with E-state index in [-0.39, 0.29) is 25.6 Å². The van der Waals surface area contributed by atoms with E-state index >= 15 is 0 Å². The van der Waals surface area contributed by atoms with E-state index in [1.165, 1.54) is 11.4 Å². The lowest BCUT2D eigenvalue weighted by atomic mass is 10.0. The fraction of sp³-hybridized carbons (Fsp3) is 0.435. The maximum Gasteiger partial charge on any atom is 0.407 e. The Hall–Kier alpha value is -2.46. The minimum atomic E-state index is -3.75. The van der Waals surface area contributed by atoms with Gasteiger partial charge in [-0.05, 0) is 23.5 Å². The van der Waals surface area contributed by atoms with Gasteiger partial charge in [0.15, 0.2) is 0 Å². The molecule has 0 aliphatic heterocycles. The van der Waals surface area contributed by atoms with Crippen LogP contribution in [0.4, 0.5) is 4.79 Å². The van der Waals surface area contributed by atoms with E-state index < -0.39 is 28.4 Å². The third-order valence-corrected chi connectivity index (χ3v) is 6.33. The van der Waals surface area contributed by atoms with Crippen molar-refractivity contribution in [3.05, 3.63) is 71.8 Å². The van der Waals surface area contributed by atoms with Crippen molar-refractivity contribution in [2.75, 3.05) is 20.1 Å². The van der Waals surface area contributed by atoms with Gasteiger partial charge in [-0.15, -0.1) is 0 Å². The Morgan fingerprint density at radius 2 is 1.56 bits per heavy atom. The maximum absolute atomic E-state index is 12.4. The smallest absolute Gasteiger partial charge is 0.407 e. The first-order valence-electron chi connectivity index (χ1n) is 10.6. The number of ether oxygens (including phenoxy) is 1. The molecule has 8 nitrogen and oxygen atoms in total. The standard InChI is InChI=1S/C23H33N3O5S/c1-18(2)15-26(32(29,30)24-3)16-22(27)21(14-19-10-6-4-7-11-19)25-23(28)31-17-20-12-8-5-9-13-20/h4-13,18,21-22,24,27H,14-17H2,1-3H3,(H,25,28)/t21-,22+/m0/s1. The lowest BCUT2D eigenvalue weighted by Gasteiger charge is -2.30. The molecular formula is C23H33N3O5S. The van der Waals surface area contributed by atoms with E-state index in [1.54, 1.807) is 0 Å². The van der Waals surface area contributed by atoms with Gasteiger partial charge >= 0.3 is 6.09 Å². The summed E-state index contributed by atoms with van der Waals surface area (Å²) in [6.07, 6.45) is -1.51. The number of rotatable bonds is 12. The highest BCUT2D eigenvalue weighted by atomic mass is 32.2. The number of benzene rings is 2. The van der Waals surface area contributed by atoms with Crippen molar-refractivity contribution in [1.29, 1.82) is 0 Å².